The van der Waals surface area contributed by atoms with Crippen LogP contribution in [0.3, 0.4) is 0 Å². The van der Waals surface area contributed by atoms with Crippen LogP contribution < -0.4 is 5.56 Å². The van der Waals surface area contributed by atoms with Crippen LogP contribution in [0.1, 0.15) is 41.6 Å². The standard InChI is InChI=1S/C18H21N3O4/c1-12-6-8-21-15(9-12)19-10-14(18(21)25)17(24)20-7-2-3-13(11-20)4-5-16(22)23/h6,8-10,13H,2-5,7,11H2,1H3,(H,22,23). The fourth-order valence-electron chi connectivity index (χ4n) is 3.31. The van der Waals surface area contributed by atoms with Gasteiger partial charge in [0.05, 0.1) is 0 Å². The first kappa shape index (κ1) is 17.1. The summed E-state index contributed by atoms with van der Waals surface area (Å²) in [6.07, 6.45) is 5.35. The summed E-state index contributed by atoms with van der Waals surface area (Å²) in [5, 5.41) is 8.82. The highest BCUT2D eigenvalue weighted by Gasteiger charge is 2.26. The van der Waals surface area contributed by atoms with Crippen molar-refractivity contribution in [2.45, 2.75) is 32.6 Å². The Hall–Kier alpha value is -2.70. The van der Waals surface area contributed by atoms with Crippen LogP contribution in [0.25, 0.3) is 5.65 Å². The van der Waals surface area contributed by atoms with Crippen LogP contribution in [0.15, 0.2) is 29.3 Å². The first-order valence-electron chi connectivity index (χ1n) is 8.45. The number of nitrogens with zero attached hydrogens (tertiary/aromatic N) is 3. The third-order valence-corrected chi connectivity index (χ3v) is 4.67. The number of hydrogen-bond donors (Lipinski definition) is 1. The number of carboxylic acids is 1. The average Bonchev–Trinajstić information content (AvgIpc) is 2.60. The van der Waals surface area contributed by atoms with Crippen molar-refractivity contribution in [3.8, 4) is 0 Å². The fraction of sp³-hybridized carbons (Fsp3) is 0.444. The molecule has 3 heterocycles. The summed E-state index contributed by atoms with van der Waals surface area (Å²) in [6, 6.07) is 3.59. The number of rotatable bonds is 4. The zero-order valence-electron chi connectivity index (χ0n) is 14.1. The molecule has 0 radical (unpaired) electrons. The third-order valence-electron chi connectivity index (χ3n) is 4.67. The molecule has 0 spiro atoms. The van der Waals surface area contributed by atoms with Gasteiger partial charge in [0.2, 0.25) is 0 Å². The highest BCUT2D eigenvalue weighted by molar-refractivity contribution is 5.93. The number of hydrogen-bond acceptors (Lipinski definition) is 4. The van der Waals surface area contributed by atoms with Gasteiger partial charge in [0.15, 0.2) is 0 Å². The van der Waals surface area contributed by atoms with Gasteiger partial charge in [-0.25, -0.2) is 4.98 Å². The van der Waals surface area contributed by atoms with Gasteiger partial charge in [0.1, 0.15) is 11.2 Å². The van der Waals surface area contributed by atoms with Crippen LogP contribution in [0.2, 0.25) is 0 Å². The van der Waals surface area contributed by atoms with Gasteiger partial charge in [-0.05, 0) is 49.8 Å². The highest BCUT2D eigenvalue weighted by Crippen LogP contribution is 2.22. The summed E-state index contributed by atoms with van der Waals surface area (Å²) < 4.78 is 1.38. The molecule has 1 atom stereocenters. The minimum absolute atomic E-state index is 0.0558. The number of piperidine rings is 1. The first-order valence-corrected chi connectivity index (χ1v) is 8.45. The summed E-state index contributed by atoms with van der Waals surface area (Å²) >= 11 is 0. The van der Waals surface area contributed by atoms with E-state index in [9.17, 15) is 14.4 Å². The van der Waals surface area contributed by atoms with Gasteiger partial charge in [-0.2, -0.15) is 0 Å². The molecule has 3 rings (SSSR count). The summed E-state index contributed by atoms with van der Waals surface area (Å²) in [4.78, 5) is 42.0. The molecule has 2 aromatic heterocycles. The van der Waals surface area contributed by atoms with E-state index in [0.29, 0.717) is 25.2 Å². The van der Waals surface area contributed by atoms with Crippen molar-refractivity contribution in [3.63, 3.8) is 0 Å². The molecule has 2 aromatic rings. The zero-order chi connectivity index (χ0) is 18.0. The molecule has 1 fully saturated rings. The summed E-state index contributed by atoms with van der Waals surface area (Å²) in [5.74, 6) is -0.990. The fourth-order valence-corrected chi connectivity index (χ4v) is 3.31. The number of carboxylic acid groups (broad SMARTS) is 1. The first-order chi connectivity index (χ1) is 12.0. The molecule has 7 heteroatoms. The predicted molar refractivity (Wildman–Crippen MR) is 91.7 cm³/mol. The van der Waals surface area contributed by atoms with Crippen LogP contribution >= 0.6 is 0 Å². The lowest BCUT2D eigenvalue weighted by Crippen LogP contribution is -2.42. The molecule has 25 heavy (non-hydrogen) atoms. The van der Waals surface area contributed by atoms with Gasteiger partial charge in [-0.15, -0.1) is 0 Å². The average molecular weight is 343 g/mol. The van der Waals surface area contributed by atoms with E-state index < -0.39 is 5.97 Å². The number of carbonyl (C=O) groups is 2. The Bertz CT molecular complexity index is 874. The van der Waals surface area contributed by atoms with Crippen molar-refractivity contribution in [1.82, 2.24) is 14.3 Å². The molecule has 132 valence electrons. The van der Waals surface area contributed by atoms with E-state index in [1.165, 1.54) is 10.6 Å². The molecule has 1 saturated heterocycles. The van der Waals surface area contributed by atoms with E-state index in [-0.39, 0.29) is 29.4 Å². The van der Waals surface area contributed by atoms with E-state index in [2.05, 4.69) is 4.98 Å². The molecule has 0 bridgehead atoms. The lowest BCUT2D eigenvalue weighted by atomic mass is 9.93. The van der Waals surface area contributed by atoms with Crippen molar-refractivity contribution in [2.24, 2.45) is 5.92 Å². The Morgan fingerprint density at radius 3 is 2.96 bits per heavy atom. The van der Waals surface area contributed by atoms with Crippen LogP contribution in [0, 0.1) is 12.8 Å². The maximum absolute atomic E-state index is 12.8. The van der Waals surface area contributed by atoms with Crippen LogP contribution in [-0.2, 0) is 4.79 Å². The van der Waals surface area contributed by atoms with E-state index in [1.54, 1.807) is 23.2 Å². The summed E-state index contributed by atoms with van der Waals surface area (Å²) in [5.41, 5.74) is 1.19. The molecular weight excluding hydrogens is 322 g/mol. The number of fused-ring (bicyclic) bond motifs is 1. The molecule has 1 N–H and O–H groups in total. The van der Waals surface area contributed by atoms with Gasteiger partial charge >= 0.3 is 5.97 Å². The Labute approximate surface area is 144 Å². The number of amides is 1. The van der Waals surface area contributed by atoms with Crippen LogP contribution in [-0.4, -0.2) is 44.4 Å². The monoisotopic (exact) mass is 343 g/mol. The Balaban J connectivity index is 1.81. The molecular formula is C18H21N3O4. The second-order valence-electron chi connectivity index (χ2n) is 6.60. The van der Waals surface area contributed by atoms with E-state index in [0.717, 1.165) is 18.4 Å². The molecule has 1 unspecified atom stereocenters. The maximum Gasteiger partial charge on any atom is 0.303 e. The van der Waals surface area contributed by atoms with Crippen molar-refractivity contribution in [3.05, 3.63) is 46.0 Å². The summed E-state index contributed by atoms with van der Waals surface area (Å²) in [6.45, 7) is 2.98. The predicted octanol–water partition coefficient (Wildman–Crippen LogP) is 1.72. The van der Waals surface area contributed by atoms with E-state index in [4.69, 9.17) is 5.11 Å². The largest absolute Gasteiger partial charge is 0.481 e. The molecule has 1 aliphatic rings. The van der Waals surface area contributed by atoms with E-state index in [1.807, 2.05) is 6.92 Å². The van der Waals surface area contributed by atoms with Crippen LogP contribution in [0.5, 0.6) is 0 Å². The molecule has 0 aromatic carbocycles. The lowest BCUT2D eigenvalue weighted by molar-refractivity contribution is -0.137. The number of likely N-dealkylation sites (tertiary alicyclic amines) is 1. The zero-order valence-corrected chi connectivity index (χ0v) is 14.1. The molecule has 0 saturated carbocycles. The summed E-state index contributed by atoms with van der Waals surface area (Å²) in [7, 11) is 0. The normalized spacial score (nSPS) is 17.6. The molecule has 0 aliphatic carbocycles. The Kier molecular flexibility index (Phi) is 4.83. The third kappa shape index (κ3) is 3.70. The van der Waals surface area contributed by atoms with Gasteiger partial charge in [0, 0.05) is 31.9 Å². The van der Waals surface area contributed by atoms with Crippen molar-refractivity contribution in [2.75, 3.05) is 13.1 Å². The molecule has 1 amide bonds. The number of aromatic nitrogens is 2. The van der Waals surface area contributed by atoms with Gasteiger partial charge in [0.25, 0.3) is 11.5 Å². The van der Waals surface area contributed by atoms with Crippen molar-refractivity contribution < 1.29 is 14.7 Å². The number of aryl methyl sites for hydroxylation is 1. The van der Waals surface area contributed by atoms with Gasteiger partial charge in [-0.1, -0.05) is 0 Å². The Morgan fingerprint density at radius 1 is 1.40 bits per heavy atom. The number of carbonyl (C=O) groups excluding carboxylic acids is 1. The molecule has 7 nitrogen and oxygen atoms in total. The van der Waals surface area contributed by atoms with Crippen LogP contribution in [0.4, 0.5) is 0 Å². The number of aliphatic carboxylic acids is 1. The number of pyridine rings is 1. The second-order valence-corrected chi connectivity index (χ2v) is 6.60. The van der Waals surface area contributed by atoms with Gasteiger partial charge in [-0.3, -0.25) is 18.8 Å². The topological polar surface area (TPSA) is 92.0 Å². The minimum Gasteiger partial charge on any atom is -0.481 e. The van der Waals surface area contributed by atoms with Crippen molar-refractivity contribution in [1.29, 1.82) is 0 Å². The van der Waals surface area contributed by atoms with Gasteiger partial charge < -0.3 is 10.0 Å². The van der Waals surface area contributed by atoms with E-state index >= 15 is 0 Å². The smallest absolute Gasteiger partial charge is 0.303 e. The minimum atomic E-state index is -0.823. The molecule has 1 aliphatic heterocycles. The Morgan fingerprint density at radius 2 is 2.20 bits per heavy atom. The maximum atomic E-state index is 12.8. The lowest BCUT2D eigenvalue weighted by Gasteiger charge is -2.32. The van der Waals surface area contributed by atoms with Crippen molar-refractivity contribution >= 4 is 17.5 Å². The SMILES string of the molecule is Cc1ccn2c(=O)c(C(=O)N3CCCC(CCC(=O)O)C3)cnc2c1. The second kappa shape index (κ2) is 7.04. The highest BCUT2D eigenvalue weighted by atomic mass is 16.4. The quantitative estimate of drug-likeness (QED) is 0.912.